The molecule has 2 aliphatic rings. The lowest BCUT2D eigenvalue weighted by molar-refractivity contribution is 0.921. The molecule has 0 amide bonds. The molecule has 0 saturated carbocycles. The molecule has 9 rings (SSSR count). The molecule has 0 aliphatic heterocycles. The average molecular weight is 601 g/mol. The molecular weight excluding hydrogens is 565 g/mol. The van der Waals surface area contributed by atoms with Gasteiger partial charge >= 0.3 is 0 Å². The lowest BCUT2D eigenvalue weighted by Crippen LogP contribution is -2.03. The van der Waals surface area contributed by atoms with Crippen LogP contribution in [0.3, 0.4) is 0 Å². The normalized spacial score (nSPS) is 17.1. The van der Waals surface area contributed by atoms with Crippen molar-refractivity contribution in [2.24, 2.45) is 0 Å². The molecule has 0 radical (unpaired) electrons. The van der Waals surface area contributed by atoms with Crippen LogP contribution in [0.25, 0.3) is 65.4 Å². The average Bonchev–Trinajstić information content (AvgIpc) is 3.10. The third-order valence-corrected chi connectivity index (χ3v) is 10.6. The Kier molecular flexibility index (Phi) is 6.40. The van der Waals surface area contributed by atoms with Crippen LogP contribution in [0.5, 0.6) is 0 Å². The molecular formula is C47H36. The van der Waals surface area contributed by atoms with Crippen LogP contribution in [0.2, 0.25) is 0 Å². The van der Waals surface area contributed by atoms with Crippen molar-refractivity contribution in [2.75, 3.05) is 0 Å². The molecule has 0 heteroatoms. The van der Waals surface area contributed by atoms with Gasteiger partial charge in [-0.25, -0.2) is 0 Å². The quantitative estimate of drug-likeness (QED) is 0.177. The van der Waals surface area contributed by atoms with E-state index in [-0.39, 0.29) is 0 Å². The van der Waals surface area contributed by atoms with Gasteiger partial charge in [-0.15, -0.1) is 0 Å². The third-order valence-electron chi connectivity index (χ3n) is 10.6. The van der Waals surface area contributed by atoms with Gasteiger partial charge in [0.1, 0.15) is 0 Å². The van der Waals surface area contributed by atoms with Crippen molar-refractivity contribution in [1.82, 2.24) is 0 Å². The Labute approximate surface area is 276 Å². The van der Waals surface area contributed by atoms with Crippen molar-refractivity contribution in [1.29, 1.82) is 0 Å². The molecule has 0 spiro atoms. The second-order valence-electron chi connectivity index (χ2n) is 13.4. The van der Waals surface area contributed by atoms with Crippen molar-refractivity contribution < 1.29 is 0 Å². The minimum atomic E-state index is 0.864. The summed E-state index contributed by atoms with van der Waals surface area (Å²) in [6.07, 6.45) is 12.5. The zero-order valence-electron chi connectivity index (χ0n) is 27.0. The number of fused-ring (bicyclic) bond motifs is 4. The molecule has 0 N–H and O–H groups in total. The molecule has 7 aromatic rings. The Balaban J connectivity index is 1.24. The largest absolute Gasteiger partial charge is 0.0911 e. The molecule has 0 saturated heterocycles. The van der Waals surface area contributed by atoms with E-state index in [4.69, 9.17) is 0 Å². The van der Waals surface area contributed by atoms with Gasteiger partial charge in [0, 0.05) is 0 Å². The number of hydrogen-bond acceptors (Lipinski definition) is 0. The molecule has 0 bridgehead atoms. The molecule has 47 heavy (non-hydrogen) atoms. The second-order valence-corrected chi connectivity index (χ2v) is 13.4. The summed E-state index contributed by atoms with van der Waals surface area (Å²) in [5.41, 5.74) is 14.6. The van der Waals surface area contributed by atoms with E-state index in [1.54, 1.807) is 0 Å². The van der Waals surface area contributed by atoms with Crippen LogP contribution in [0.1, 0.15) is 42.0 Å². The van der Waals surface area contributed by atoms with Gasteiger partial charge in [0.25, 0.3) is 0 Å². The predicted molar refractivity (Wildman–Crippen MR) is 204 cm³/mol. The number of hydrogen-bond donors (Lipinski definition) is 0. The smallest absolute Gasteiger partial charge is 0.00172 e. The lowest BCUT2D eigenvalue weighted by atomic mass is 9.80. The van der Waals surface area contributed by atoms with Crippen molar-refractivity contribution in [3.05, 3.63) is 179 Å². The standard InChI is InChI=1S/C47H36/c1-29-10-4-7-14-38(29)43-27-35(21-18-30(43)2)33-20-19-31(3)45-41(25-24-33)39-15-9-16-40-44(28-37-13-8-17-42(45)46(37)47(39)40)36-23-22-32-11-5-6-12-34(32)26-36/h4-17,19-20,22-24,26-28H,3,18,21,25H2,1-2H3/b20-19-,33-24+. The molecule has 0 aromatic heterocycles. The summed E-state index contributed by atoms with van der Waals surface area (Å²) >= 11 is 0. The molecule has 7 aromatic carbocycles. The Hall–Kier alpha value is -5.46. The van der Waals surface area contributed by atoms with Gasteiger partial charge in [0.15, 0.2) is 0 Å². The first-order chi connectivity index (χ1) is 23.0. The highest BCUT2D eigenvalue weighted by Gasteiger charge is 2.22. The van der Waals surface area contributed by atoms with Crippen LogP contribution in [0.4, 0.5) is 0 Å². The fraction of sp³-hybridized carbons (Fsp3) is 0.106. The minimum absolute atomic E-state index is 0.864. The Morgan fingerprint density at radius 1 is 0.596 bits per heavy atom. The van der Waals surface area contributed by atoms with Crippen LogP contribution in [-0.2, 0) is 6.42 Å². The lowest BCUT2D eigenvalue weighted by Gasteiger charge is -2.24. The van der Waals surface area contributed by atoms with Gasteiger partial charge in [0.2, 0.25) is 0 Å². The highest BCUT2D eigenvalue weighted by Crippen LogP contribution is 2.46. The molecule has 0 nitrogen and oxygen atoms in total. The number of allylic oxidation sites excluding steroid dienone is 9. The first kappa shape index (κ1) is 27.8. The first-order valence-electron chi connectivity index (χ1n) is 16.8. The number of aryl methyl sites for hydroxylation is 1. The van der Waals surface area contributed by atoms with E-state index in [0.29, 0.717) is 0 Å². The minimum Gasteiger partial charge on any atom is -0.0911 e. The van der Waals surface area contributed by atoms with E-state index in [0.717, 1.165) is 24.8 Å². The third kappa shape index (κ3) is 4.43. The van der Waals surface area contributed by atoms with E-state index in [1.807, 2.05) is 0 Å². The van der Waals surface area contributed by atoms with Gasteiger partial charge in [-0.05, 0) is 144 Å². The number of rotatable bonds is 3. The summed E-state index contributed by atoms with van der Waals surface area (Å²) in [6, 6.07) is 40.4. The second kappa shape index (κ2) is 10.8. The van der Waals surface area contributed by atoms with Crippen molar-refractivity contribution in [3.63, 3.8) is 0 Å². The molecule has 0 atom stereocenters. The summed E-state index contributed by atoms with van der Waals surface area (Å²) in [5, 5.41) is 10.5. The van der Waals surface area contributed by atoms with Crippen LogP contribution >= 0.6 is 0 Å². The maximum Gasteiger partial charge on any atom is -0.00172 e. The highest BCUT2D eigenvalue weighted by atomic mass is 14.3. The summed E-state index contributed by atoms with van der Waals surface area (Å²) in [6.45, 7) is 9.20. The zero-order chi connectivity index (χ0) is 31.6. The van der Waals surface area contributed by atoms with Crippen molar-refractivity contribution in [2.45, 2.75) is 33.1 Å². The predicted octanol–water partition coefficient (Wildman–Crippen LogP) is 13.0. The summed E-state index contributed by atoms with van der Waals surface area (Å²) in [4.78, 5) is 0. The van der Waals surface area contributed by atoms with E-state index >= 15 is 0 Å². The Morgan fingerprint density at radius 2 is 1.36 bits per heavy atom. The van der Waals surface area contributed by atoms with Gasteiger partial charge in [0.05, 0.1) is 0 Å². The SMILES string of the molecule is C=C1/C=C\C(C2=CC(c3ccccc3C)=C(C)CC2)=C/Cc2c1c1cccc3cc(-c4ccc5ccccc5c4)c4cccc2c4c31. The van der Waals surface area contributed by atoms with Crippen LogP contribution in [-0.4, -0.2) is 0 Å². The van der Waals surface area contributed by atoms with Gasteiger partial charge in [-0.2, -0.15) is 0 Å². The molecule has 224 valence electrons. The molecule has 2 aliphatic carbocycles. The van der Waals surface area contributed by atoms with E-state index in [1.165, 1.54) is 98.8 Å². The Bertz CT molecular complexity index is 2560. The van der Waals surface area contributed by atoms with Gasteiger partial charge in [-0.3, -0.25) is 0 Å². The van der Waals surface area contributed by atoms with Crippen LogP contribution in [0.15, 0.2) is 157 Å². The fourth-order valence-corrected chi connectivity index (χ4v) is 8.21. The fourth-order valence-electron chi connectivity index (χ4n) is 8.21. The monoisotopic (exact) mass is 600 g/mol. The summed E-state index contributed by atoms with van der Waals surface area (Å²) < 4.78 is 0. The Morgan fingerprint density at radius 3 is 2.26 bits per heavy atom. The van der Waals surface area contributed by atoms with E-state index in [2.05, 4.69) is 154 Å². The first-order valence-corrected chi connectivity index (χ1v) is 16.8. The van der Waals surface area contributed by atoms with Gasteiger partial charge < -0.3 is 0 Å². The van der Waals surface area contributed by atoms with Crippen molar-refractivity contribution in [3.8, 4) is 11.1 Å². The van der Waals surface area contributed by atoms with Gasteiger partial charge in [-0.1, -0.05) is 134 Å². The molecule has 0 unspecified atom stereocenters. The topological polar surface area (TPSA) is 0 Å². The zero-order valence-corrected chi connectivity index (χ0v) is 27.0. The van der Waals surface area contributed by atoms with Crippen LogP contribution < -0.4 is 0 Å². The highest BCUT2D eigenvalue weighted by molar-refractivity contribution is 6.29. The maximum absolute atomic E-state index is 4.68. The molecule has 0 heterocycles. The summed E-state index contributed by atoms with van der Waals surface area (Å²) in [7, 11) is 0. The van der Waals surface area contributed by atoms with E-state index in [9.17, 15) is 0 Å². The summed E-state index contributed by atoms with van der Waals surface area (Å²) in [5.74, 6) is 0. The maximum atomic E-state index is 4.68. The number of benzene rings is 7. The van der Waals surface area contributed by atoms with Crippen LogP contribution in [0, 0.1) is 6.92 Å². The molecule has 0 fully saturated rings. The van der Waals surface area contributed by atoms with Crippen molar-refractivity contribution >= 4 is 54.2 Å². The van der Waals surface area contributed by atoms with E-state index < -0.39 is 0 Å².